The lowest BCUT2D eigenvalue weighted by molar-refractivity contribution is -0.123. The number of nitrogens with one attached hydrogen (secondary N) is 2. The Kier molecular flexibility index (Phi) is 7.53. The van der Waals surface area contributed by atoms with Crippen molar-refractivity contribution in [3.05, 3.63) is 115 Å². The number of H-pyrrole nitrogens is 1. The third-order valence-electron chi connectivity index (χ3n) is 10.5. The first-order valence-electron chi connectivity index (χ1n) is 16.0. The van der Waals surface area contributed by atoms with Gasteiger partial charge in [-0.05, 0) is 78.1 Å². The summed E-state index contributed by atoms with van der Waals surface area (Å²) in [6, 6.07) is 26.2. The summed E-state index contributed by atoms with van der Waals surface area (Å²) in [6.45, 7) is -0.219. The molecule has 246 valence electrons. The van der Waals surface area contributed by atoms with Crippen LogP contribution in [0.15, 0.2) is 99.2 Å². The van der Waals surface area contributed by atoms with Crippen molar-refractivity contribution in [2.45, 2.75) is 22.6 Å². The van der Waals surface area contributed by atoms with E-state index in [0.717, 1.165) is 37.1 Å². The Morgan fingerprint density at radius 1 is 0.959 bits per heavy atom. The lowest BCUT2D eigenvalue weighted by Crippen LogP contribution is -2.42. The van der Waals surface area contributed by atoms with E-state index in [1.807, 2.05) is 60.7 Å². The number of halogens is 2. The number of hydrogen-bond donors (Lipinski definition) is 2. The van der Waals surface area contributed by atoms with Crippen LogP contribution < -0.4 is 19.8 Å². The summed E-state index contributed by atoms with van der Waals surface area (Å²) in [7, 11) is 0. The van der Waals surface area contributed by atoms with Crippen LogP contribution >= 0.6 is 50.6 Å². The molecule has 8 nitrogen and oxygen atoms in total. The number of ether oxygens (including phenoxy) is 1. The highest BCUT2D eigenvalue weighted by molar-refractivity contribution is 9.10. The summed E-state index contributed by atoms with van der Waals surface area (Å²) < 4.78 is 7.12. The van der Waals surface area contributed by atoms with Gasteiger partial charge in [0, 0.05) is 42.2 Å². The molecule has 7 atom stereocenters. The van der Waals surface area contributed by atoms with Gasteiger partial charge in [-0.1, -0.05) is 75.3 Å². The normalized spacial score (nSPS) is 26.5. The highest BCUT2D eigenvalue weighted by atomic mass is 79.9. The highest BCUT2D eigenvalue weighted by Crippen LogP contribution is 2.69. The lowest BCUT2D eigenvalue weighted by Gasteiger charge is -2.43. The van der Waals surface area contributed by atoms with E-state index >= 15 is 0 Å². The first-order chi connectivity index (χ1) is 23.8. The third kappa shape index (κ3) is 4.99. The summed E-state index contributed by atoms with van der Waals surface area (Å²) in [5, 5.41) is 6.30. The maximum absolute atomic E-state index is 14.1. The zero-order valence-electron chi connectivity index (χ0n) is 25.6. The van der Waals surface area contributed by atoms with Crippen LogP contribution in [-0.2, 0) is 14.4 Å². The van der Waals surface area contributed by atoms with E-state index in [1.165, 1.54) is 16.2 Å². The fourth-order valence-electron chi connectivity index (χ4n) is 8.77. The fourth-order valence-corrected chi connectivity index (χ4v) is 12.2. The van der Waals surface area contributed by atoms with E-state index in [4.69, 9.17) is 16.3 Å². The van der Waals surface area contributed by atoms with E-state index < -0.39 is 11.8 Å². The first-order valence-corrected chi connectivity index (χ1v) is 18.9. The van der Waals surface area contributed by atoms with E-state index in [1.54, 1.807) is 36.0 Å². The van der Waals surface area contributed by atoms with Crippen molar-refractivity contribution in [1.29, 1.82) is 0 Å². The summed E-state index contributed by atoms with van der Waals surface area (Å²) in [5.41, 5.74) is 2.08. The maximum Gasteiger partial charge on any atom is 0.305 e. The second kappa shape index (κ2) is 11.9. The molecule has 1 aromatic heterocycles. The Hall–Kier alpha value is -3.90. The van der Waals surface area contributed by atoms with E-state index in [-0.39, 0.29) is 58.1 Å². The van der Waals surface area contributed by atoms with Gasteiger partial charge in [-0.15, -0.1) is 11.8 Å². The number of thioether (sulfide) groups is 1. The molecule has 2 aliphatic heterocycles. The number of rotatable bonds is 6. The Balaban J connectivity index is 1.05. The highest BCUT2D eigenvalue weighted by Gasteiger charge is 2.69. The largest absolute Gasteiger partial charge is 0.483 e. The van der Waals surface area contributed by atoms with Gasteiger partial charge < -0.3 is 15.0 Å². The van der Waals surface area contributed by atoms with Gasteiger partial charge >= 0.3 is 4.87 Å². The molecule has 5 aromatic rings. The molecule has 3 fully saturated rings. The van der Waals surface area contributed by atoms with E-state index in [0.29, 0.717) is 22.1 Å². The van der Waals surface area contributed by atoms with Crippen molar-refractivity contribution in [3.63, 3.8) is 0 Å². The predicted molar refractivity (Wildman–Crippen MR) is 195 cm³/mol. The van der Waals surface area contributed by atoms with Crippen LogP contribution in [0.4, 0.5) is 11.4 Å². The topological polar surface area (TPSA) is 109 Å². The average molecular weight is 773 g/mol. The van der Waals surface area contributed by atoms with Crippen LogP contribution in [0.25, 0.3) is 10.8 Å². The van der Waals surface area contributed by atoms with Crippen LogP contribution in [0.5, 0.6) is 5.75 Å². The van der Waals surface area contributed by atoms with E-state index in [2.05, 4.69) is 26.2 Å². The molecule has 3 heterocycles. The van der Waals surface area contributed by atoms with Crippen molar-refractivity contribution in [2.75, 3.05) is 16.8 Å². The SMILES string of the molecule is O=C(COc1ccc(Br)cc1[C@H]1c2sc(=O)[nH]c2SC2C3CC(C4C(=O)N(c5ccc(Cl)cc5)C(=O)C34)C21)Nc1cccc2ccccc12. The number of hydrogen-bond acceptors (Lipinski definition) is 7. The quantitative estimate of drug-likeness (QED) is 0.171. The average Bonchev–Trinajstić information content (AvgIpc) is 3.83. The Morgan fingerprint density at radius 2 is 1.71 bits per heavy atom. The van der Waals surface area contributed by atoms with E-state index in [9.17, 15) is 19.2 Å². The number of carbonyl (C=O) groups is 3. The first kappa shape index (κ1) is 31.1. The van der Waals surface area contributed by atoms with Gasteiger partial charge in [-0.2, -0.15) is 0 Å². The van der Waals surface area contributed by atoms with Crippen LogP contribution in [0.2, 0.25) is 5.02 Å². The minimum absolute atomic E-state index is 0.0115. The zero-order chi connectivity index (χ0) is 33.6. The number of benzene rings is 4. The molecule has 2 N–H and O–H groups in total. The van der Waals surface area contributed by atoms with Gasteiger partial charge in [0.15, 0.2) is 6.61 Å². The van der Waals surface area contributed by atoms with Gasteiger partial charge in [0.2, 0.25) is 11.8 Å². The van der Waals surface area contributed by atoms with Gasteiger partial charge in [0.25, 0.3) is 5.91 Å². The number of carbonyl (C=O) groups excluding carboxylic acids is 3. The van der Waals surface area contributed by atoms with Gasteiger partial charge in [0.05, 0.1) is 22.5 Å². The molecule has 9 rings (SSSR count). The van der Waals surface area contributed by atoms with Crippen LogP contribution in [0.3, 0.4) is 0 Å². The third-order valence-corrected chi connectivity index (χ3v) is 13.9. The van der Waals surface area contributed by atoms with Crippen LogP contribution in [0, 0.1) is 29.6 Å². The Morgan fingerprint density at radius 3 is 2.53 bits per heavy atom. The Labute approximate surface area is 302 Å². The smallest absolute Gasteiger partial charge is 0.305 e. The summed E-state index contributed by atoms with van der Waals surface area (Å²) >= 11 is 12.6. The minimum atomic E-state index is -0.447. The van der Waals surface area contributed by atoms with Crippen molar-refractivity contribution in [2.24, 2.45) is 29.6 Å². The van der Waals surface area contributed by atoms with Crippen molar-refractivity contribution >= 4 is 90.5 Å². The Bertz CT molecular complexity index is 2250. The van der Waals surface area contributed by atoms with Crippen LogP contribution in [0.1, 0.15) is 22.8 Å². The fraction of sp³-hybridized carbons (Fsp3) is 0.243. The molecule has 2 saturated carbocycles. The number of aromatic amines is 1. The number of anilines is 2. The number of fused-ring (bicyclic) bond motifs is 10. The molecule has 4 aromatic carbocycles. The van der Waals surface area contributed by atoms with Gasteiger partial charge in [0.1, 0.15) is 5.75 Å². The second-order valence-electron chi connectivity index (χ2n) is 13.0. The molecule has 6 unspecified atom stereocenters. The molecule has 49 heavy (non-hydrogen) atoms. The maximum atomic E-state index is 14.1. The monoisotopic (exact) mass is 771 g/mol. The second-order valence-corrected chi connectivity index (χ2v) is 16.5. The number of nitrogens with zero attached hydrogens (tertiary/aromatic N) is 1. The van der Waals surface area contributed by atoms with Gasteiger partial charge in [-0.3, -0.25) is 24.1 Å². The van der Waals surface area contributed by atoms with Crippen LogP contribution in [-0.4, -0.2) is 34.6 Å². The molecule has 2 bridgehead atoms. The minimum Gasteiger partial charge on any atom is -0.483 e. The molecule has 12 heteroatoms. The predicted octanol–water partition coefficient (Wildman–Crippen LogP) is 7.70. The number of aromatic nitrogens is 1. The molecular weight excluding hydrogens is 746 g/mol. The molecule has 1 saturated heterocycles. The molecule has 3 amide bonds. The van der Waals surface area contributed by atoms with Crippen molar-refractivity contribution in [3.8, 4) is 5.75 Å². The molecule has 0 radical (unpaired) electrons. The summed E-state index contributed by atoms with van der Waals surface area (Å²) in [4.78, 5) is 59.3. The molecule has 2 aliphatic carbocycles. The summed E-state index contributed by atoms with van der Waals surface area (Å²) in [5.74, 6) is -1.35. The number of amides is 3. The standard InChI is InChI=1S/C37H27BrClN3O5S2/c38-18-8-13-26(47-16-27(43)40-25-7-3-5-17-4-1-2-6-21(17)25)22(14-18)28-29-23-15-24(32(29)48-34-33(28)49-37(46)41-34)31-30(23)35(44)42(36(31)45)20-11-9-19(39)10-12-20/h1-14,23-24,28-32H,15-16H2,(H,40,43)(H,41,46)/t23?,24?,28-,29?,30?,31?,32?/m1/s1. The molecular formula is C37H27BrClN3O5S2. The lowest BCUT2D eigenvalue weighted by atomic mass is 9.68. The van der Waals surface area contributed by atoms with Crippen molar-refractivity contribution < 1.29 is 19.1 Å². The van der Waals surface area contributed by atoms with Gasteiger partial charge in [-0.25, -0.2) is 0 Å². The van der Waals surface area contributed by atoms with Crippen molar-refractivity contribution in [1.82, 2.24) is 4.98 Å². The molecule has 4 aliphatic rings. The number of thiazole rings is 1. The number of imide groups is 1. The molecule has 0 spiro atoms. The zero-order valence-corrected chi connectivity index (χ0v) is 29.6. The summed E-state index contributed by atoms with van der Waals surface area (Å²) in [6.07, 6.45) is 0.761.